The van der Waals surface area contributed by atoms with Crippen LogP contribution in [-0.4, -0.2) is 12.0 Å². The summed E-state index contributed by atoms with van der Waals surface area (Å²) in [6.07, 6.45) is 0. The minimum atomic E-state index is 0.0128. The Labute approximate surface area is 84.4 Å². The average molecular weight is 198 g/mol. The van der Waals surface area contributed by atoms with Crippen molar-refractivity contribution in [3.05, 3.63) is 16.1 Å². The Balaban J connectivity index is 3.02. The van der Waals surface area contributed by atoms with Crippen molar-refractivity contribution in [1.29, 1.82) is 0 Å². The van der Waals surface area contributed by atoms with Crippen LogP contribution in [0.4, 0.5) is 0 Å². The highest BCUT2D eigenvalue weighted by Gasteiger charge is 2.31. The molecule has 0 aliphatic rings. The Morgan fingerprint density at radius 3 is 2.46 bits per heavy atom. The lowest BCUT2D eigenvalue weighted by Gasteiger charge is -2.31. The Hall–Kier alpha value is -0.410. The molecule has 13 heavy (non-hydrogen) atoms. The van der Waals surface area contributed by atoms with Crippen LogP contribution >= 0.6 is 11.3 Å². The minimum Gasteiger partial charge on any atom is -0.308 e. The molecule has 0 saturated heterocycles. The number of nitrogens with zero attached hydrogens (tertiary/aromatic N) is 1. The monoisotopic (exact) mass is 198 g/mol. The van der Waals surface area contributed by atoms with E-state index in [-0.39, 0.29) is 5.54 Å². The summed E-state index contributed by atoms with van der Waals surface area (Å²) in [5.41, 5.74) is 1.13. The number of rotatable bonds is 3. The van der Waals surface area contributed by atoms with Gasteiger partial charge >= 0.3 is 0 Å². The van der Waals surface area contributed by atoms with E-state index in [9.17, 15) is 0 Å². The summed E-state index contributed by atoms with van der Waals surface area (Å²) < 4.78 is 0. The van der Waals surface area contributed by atoms with E-state index in [1.54, 1.807) is 11.3 Å². The van der Waals surface area contributed by atoms with Gasteiger partial charge in [0.15, 0.2) is 0 Å². The zero-order valence-electron chi connectivity index (χ0n) is 9.01. The summed E-state index contributed by atoms with van der Waals surface area (Å²) >= 11 is 1.74. The molecule has 1 atom stereocenters. The van der Waals surface area contributed by atoms with Crippen LogP contribution in [0.3, 0.4) is 0 Å². The van der Waals surface area contributed by atoms with Gasteiger partial charge in [0.2, 0.25) is 0 Å². The van der Waals surface area contributed by atoms with E-state index in [1.807, 2.05) is 14.0 Å². The molecule has 1 unspecified atom stereocenters. The van der Waals surface area contributed by atoms with Crippen LogP contribution in [0.15, 0.2) is 5.38 Å². The highest BCUT2D eigenvalue weighted by molar-refractivity contribution is 7.09. The van der Waals surface area contributed by atoms with Crippen molar-refractivity contribution in [3.8, 4) is 0 Å². The lowest BCUT2D eigenvalue weighted by atomic mass is 9.89. The van der Waals surface area contributed by atoms with Crippen LogP contribution in [-0.2, 0) is 5.54 Å². The third-order valence-electron chi connectivity index (χ3n) is 2.74. The zero-order chi connectivity index (χ0) is 10.1. The van der Waals surface area contributed by atoms with Crippen LogP contribution in [0.2, 0.25) is 0 Å². The lowest BCUT2D eigenvalue weighted by Crippen LogP contribution is -2.41. The zero-order valence-corrected chi connectivity index (χ0v) is 9.83. The van der Waals surface area contributed by atoms with Crippen molar-refractivity contribution in [2.75, 3.05) is 7.05 Å². The normalized spacial score (nSPS) is 16.2. The summed E-state index contributed by atoms with van der Waals surface area (Å²) in [6.45, 7) is 8.67. The Morgan fingerprint density at radius 2 is 2.15 bits per heavy atom. The topological polar surface area (TPSA) is 24.9 Å². The van der Waals surface area contributed by atoms with Crippen LogP contribution < -0.4 is 5.32 Å². The third-order valence-corrected chi connectivity index (χ3v) is 3.93. The Kier molecular flexibility index (Phi) is 3.09. The van der Waals surface area contributed by atoms with Crippen molar-refractivity contribution in [1.82, 2.24) is 10.3 Å². The van der Waals surface area contributed by atoms with Gasteiger partial charge in [-0.25, -0.2) is 4.98 Å². The number of nitrogens with one attached hydrogen (secondary N) is 1. The largest absolute Gasteiger partial charge is 0.308 e. The van der Waals surface area contributed by atoms with Crippen molar-refractivity contribution in [2.45, 2.75) is 33.2 Å². The molecule has 0 radical (unpaired) electrons. The standard InChI is InChI=1S/C10H18N2S/c1-7(2)10(4,11-5)9-12-8(3)6-13-9/h6-7,11H,1-5H3. The Bertz CT molecular complexity index is 280. The highest BCUT2D eigenvalue weighted by atomic mass is 32.1. The predicted molar refractivity (Wildman–Crippen MR) is 58.1 cm³/mol. The molecule has 0 aromatic carbocycles. The molecule has 0 amide bonds. The first-order valence-corrected chi connectivity index (χ1v) is 5.50. The van der Waals surface area contributed by atoms with E-state index >= 15 is 0 Å². The number of aryl methyl sites for hydroxylation is 1. The van der Waals surface area contributed by atoms with Gasteiger partial charge in [0, 0.05) is 11.1 Å². The first-order chi connectivity index (χ1) is 6.00. The summed E-state index contributed by atoms with van der Waals surface area (Å²) in [5.74, 6) is 0.544. The number of aromatic nitrogens is 1. The van der Waals surface area contributed by atoms with Gasteiger partial charge in [-0.3, -0.25) is 0 Å². The van der Waals surface area contributed by atoms with Gasteiger partial charge in [0.1, 0.15) is 5.01 Å². The molecule has 0 saturated carbocycles. The quantitative estimate of drug-likeness (QED) is 0.807. The summed E-state index contributed by atoms with van der Waals surface area (Å²) in [4.78, 5) is 4.53. The maximum atomic E-state index is 4.53. The molecule has 1 aromatic rings. The molecule has 0 fully saturated rings. The molecular formula is C10H18N2S. The van der Waals surface area contributed by atoms with Crippen molar-refractivity contribution in [2.24, 2.45) is 5.92 Å². The second-order valence-corrected chi connectivity index (χ2v) is 4.76. The summed E-state index contributed by atoms with van der Waals surface area (Å²) in [7, 11) is 2.00. The Morgan fingerprint density at radius 1 is 1.54 bits per heavy atom. The van der Waals surface area contributed by atoms with E-state index in [2.05, 4.69) is 36.5 Å². The number of hydrogen-bond acceptors (Lipinski definition) is 3. The van der Waals surface area contributed by atoms with Crippen molar-refractivity contribution < 1.29 is 0 Å². The second-order valence-electron chi connectivity index (χ2n) is 3.90. The SMILES string of the molecule is CNC(C)(c1nc(C)cs1)C(C)C. The molecule has 0 aliphatic heterocycles. The smallest absolute Gasteiger partial charge is 0.113 e. The fourth-order valence-electron chi connectivity index (χ4n) is 1.24. The molecule has 1 N–H and O–H groups in total. The maximum absolute atomic E-state index is 4.53. The van der Waals surface area contributed by atoms with Gasteiger partial charge in [-0.1, -0.05) is 13.8 Å². The van der Waals surface area contributed by atoms with Crippen molar-refractivity contribution in [3.63, 3.8) is 0 Å². The van der Waals surface area contributed by atoms with Crippen LogP contribution in [0, 0.1) is 12.8 Å². The van der Waals surface area contributed by atoms with Gasteiger partial charge in [-0.2, -0.15) is 0 Å². The number of thiazole rings is 1. The van der Waals surface area contributed by atoms with E-state index in [0.717, 1.165) is 5.69 Å². The minimum absolute atomic E-state index is 0.0128. The fraction of sp³-hybridized carbons (Fsp3) is 0.700. The van der Waals surface area contributed by atoms with E-state index < -0.39 is 0 Å². The predicted octanol–water partition coefficient (Wildman–Crippen LogP) is 2.54. The molecular weight excluding hydrogens is 180 g/mol. The number of hydrogen-bond donors (Lipinski definition) is 1. The lowest BCUT2D eigenvalue weighted by molar-refractivity contribution is 0.285. The van der Waals surface area contributed by atoms with E-state index in [0.29, 0.717) is 5.92 Å². The molecule has 1 heterocycles. The van der Waals surface area contributed by atoms with Gasteiger partial charge in [0.05, 0.1) is 5.54 Å². The molecule has 1 aromatic heterocycles. The summed E-state index contributed by atoms with van der Waals surface area (Å²) in [5, 5.41) is 6.64. The summed E-state index contributed by atoms with van der Waals surface area (Å²) in [6, 6.07) is 0. The van der Waals surface area contributed by atoms with E-state index in [1.165, 1.54) is 5.01 Å². The molecule has 74 valence electrons. The first-order valence-electron chi connectivity index (χ1n) is 4.62. The van der Waals surface area contributed by atoms with Crippen LogP contribution in [0.1, 0.15) is 31.5 Å². The second kappa shape index (κ2) is 3.76. The molecule has 2 nitrogen and oxygen atoms in total. The molecule has 0 aliphatic carbocycles. The highest BCUT2D eigenvalue weighted by Crippen LogP contribution is 2.30. The van der Waals surface area contributed by atoms with Crippen LogP contribution in [0.5, 0.6) is 0 Å². The molecule has 0 spiro atoms. The van der Waals surface area contributed by atoms with Gasteiger partial charge in [-0.05, 0) is 26.8 Å². The van der Waals surface area contributed by atoms with Gasteiger partial charge in [-0.15, -0.1) is 11.3 Å². The van der Waals surface area contributed by atoms with Crippen molar-refractivity contribution >= 4 is 11.3 Å². The fourth-order valence-corrected chi connectivity index (χ4v) is 2.35. The molecule has 0 bridgehead atoms. The molecule has 3 heteroatoms. The maximum Gasteiger partial charge on any atom is 0.113 e. The molecule has 1 rings (SSSR count). The third kappa shape index (κ3) is 1.92. The van der Waals surface area contributed by atoms with E-state index in [4.69, 9.17) is 0 Å². The first kappa shape index (κ1) is 10.7. The van der Waals surface area contributed by atoms with Gasteiger partial charge in [0.25, 0.3) is 0 Å². The average Bonchev–Trinajstić information content (AvgIpc) is 2.50. The van der Waals surface area contributed by atoms with Gasteiger partial charge < -0.3 is 5.32 Å². The van der Waals surface area contributed by atoms with Crippen LogP contribution in [0.25, 0.3) is 0 Å².